The molecular weight excluding hydrogens is 288 g/mol. The topological polar surface area (TPSA) is 50.4 Å². The van der Waals surface area contributed by atoms with Crippen molar-refractivity contribution in [1.82, 2.24) is 5.32 Å². The maximum Gasteiger partial charge on any atom is 0.227 e. The molecule has 0 bridgehead atoms. The molecule has 3 rings (SSSR count). The first-order chi connectivity index (χ1) is 11.1. The molecule has 0 aromatic heterocycles. The van der Waals surface area contributed by atoms with Crippen LogP contribution < -0.4 is 15.4 Å². The molecule has 0 spiro atoms. The van der Waals surface area contributed by atoms with E-state index in [0.717, 1.165) is 30.1 Å². The van der Waals surface area contributed by atoms with Crippen LogP contribution in [-0.4, -0.2) is 19.0 Å². The van der Waals surface area contributed by atoms with E-state index >= 15 is 0 Å². The molecule has 1 aliphatic rings. The number of ether oxygens (including phenoxy) is 1. The van der Waals surface area contributed by atoms with E-state index in [1.807, 2.05) is 62.4 Å². The fourth-order valence-corrected chi connectivity index (χ4v) is 2.57. The Labute approximate surface area is 136 Å². The van der Waals surface area contributed by atoms with Gasteiger partial charge in [-0.05, 0) is 55.8 Å². The lowest BCUT2D eigenvalue weighted by Gasteiger charge is -2.31. The third-order valence-electron chi connectivity index (χ3n) is 4.30. The minimum absolute atomic E-state index is 0.0127. The van der Waals surface area contributed by atoms with Crippen LogP contribution >= 0.6 is 0 Å². The van der Waals surface area contributed by atoms with Gasteiger partial charge in [-0.25, -0.2) is 0 Å². The number of para-hydroxylation sites is 1. The fourth-order valence-electron chi connectivity index (χ4n) is 2.57. The summed E-state index contributed by atoms with van der Waals surface area (Å²) in [6.45, 7) is 5.81. The highest BCUT2D eigenvalue weighted by molar-refractivity contribution is 5.94. The summed E-state index contributed by atoms with van der Waals surface area (Å²) >= 11 is 0. The highest BCUT2D eigenvalue weighted by Crippen LogP contribution is 2.31. The second-order valence-electron chi connectivity index (χ2n) is 6.11. The molecule has 1 atom stereocenters. The first-order valence-corrected chi connectivity index (χ1v) is 7.98. The van der Waals surface area contributed by atoms with Crippen molar-refractivity contribution in [2.45, 2.75) is 13.8 Å². The number of aryl methyl sites for hydroxylation is 1. The zero-order valence-corrected chi connectivity index (χ0v) is 13.5. The predicted octanol–water partition coefficient (Wildman–Crippen LogP) is 3.58. The van der Waals surface area contributed by atoms with Crippen LogP contribution in [0, 0.1) is 18.8 Å². The first kappa shape index (κ1) is 15.6. The maximum absolute atomic E-state index is 12.5. The standard InChI is InChI=1S/C19H22N2O2/c1-13-8-9-18(23-16-6-4-3-5-7-16)17(10-13)21-19(22)14(2)15-11-20-12-15/h3-10,14-15,20H,11-12H2,1-2H3,(H,21,22). The summed E-state index contributed by atoms with van der Waals surface area (Å²) in [5, 5.41) is 6.24. The summed E-state index contributed by atoms with van der Waals surface area (Å²) in [5.41, 5.74) is 1.80. The molecular formula is C19H22N2O2. The molecule has 2 N–H and O–H groups in total. The van der Waals surface area contributed by atoms with Gasteiger partial charge >= 0.3 is 0 Å². The third-order valence-corrected chi connectivity index (χ3v) is 4.30. The minimum atomic E-state index is -0.0127. The zero-order valence-electron chi connectivity index (χ0n) is 13.5. The third kappa shape index (κ3) is 3.71. The van der Waals surface area contributed by atoms with Gasteiger partial charge in [0.25, 0.3) is 0 Å². The average Bonchev–Trinajstić information content (AvgIpc) is 2.49. The van der Waals surface area contributed by atoms with Crippen molar-refractivity contribution in [3.8, 4) is 11.5 Å². The van der Waals surface area contributed by atoms with Gasteiger partial charge in [-0.2, -0.15) is 0 Å². The normalized spacial score (nSPS) is 15.6. The van der Waals surface area contributed by atoms with Gasteiger partial charge in [0, 0.05) is 5.92 Å². The number of anilines is 1. The lowest BCUT2D eigenvalue weighted by molar-refractivity contribution is -0.121. The van der Waals surface area contributed by atoms with Crippen molar-refractivity contribution >= 4 is 11.6 Å². The van der Waals surface area contributed by atoms with Crippen molar-refractivity contribution in [1.29, 1.82) is 0 Å². The highest BCUT2D eigenvalue weighted by atomic mass is 16.5. The van der Waals surface area contributed by atoms with Gasteiger partial charge in [0.1, 0.15) is 5.75 Å². The molecule has 1 fully saturated rings. The lowest BCUT2D eigenvalue weighted by atomic mass is 9.88. The van der Waals surface area contributed by atoms with E-state index in [1.54, 1.807) is 0 Å². The molecule has 1 amide bonds. The average molecular weight is 310 g/mol. The Hall–Kier alpha value is -2.33. The van der Waals surface area contributed by atoms with Gasteiger partial charge in [-0.1, -0.05) is 31.2 Å². The van der Waals surface area contributed by atoms with Gasteiger partial charge in [0.2, 0.25) is 5.91 Å². The second kappa shape index (κ2) is 6.84. The van der Waals surface area contributed by atoms with Crippen LogP contribution in [0.4, 0.5) is 5.69 Å². The molecule has 0 radical (unpaired) electrons. The zero-order chi connectivity index (χ0) is 16.2. The minimum Gasteiger partial charge on any atom is -0.455 e. The van der Waals surface area contributed by atoms with E-state index < -0.39 is 0 Å². The summed E-state index contributed by atoms with van der Waals surface area (Å²) in [4.78, 5) is 12.5. The number of rotatable bonds is 5. The molecule has 4 heteroatoms. The van der Waals surface area contributed by atoms with Crippen molar-refractivity contribution in [3.05, 3.63) is 54.1 Å². The fraction of sp³-hybridized carbons (Fsp3) is 0.316. The summed E-state index contributed by atoms with van der Waals surface area (Å²) in [5.74, 6) is 1.86. The van der Waals surface area contributed by atoms with Crippen LogP contribution in [-0.2, 0) is 4.79 Å². The molecule has 1 aliphatic heterocycles. The number of nitrogens with one attached hydrogen (secondary N) is 2. The van der Waals surface area contributed by atoms with Gasteiger partial charge in [-0.3, -0.25) is 4.79 Å². The molecule has 0 saturated carbocycles. The Morgan fingerprint density at radius 3 is 2.61 bits per heavy atom. The van der Waals surface area contributed by atoms with E-state index in [0.29, 0.717) is 11.7 Å². The number of hydrogen-bond donors (Lipinski definition) is 2. The smallest absolute Gasteiger partial charge is 0.227 e. The van der Waals surface area contributed by atoms with Gasteiger partial charge < -0.3 is 15.4 Å². The van der Waals surface area contributed by atoms with Crippen LogP contribution in [0.3, 0.4) is 0 Å². The molecule has 0 aliphatic carbocycles. The molecule has 120 valence electrons. The van der Waals surface area contributed by atoms with Crippen LogP contribution in [0.15, 0.2) is 48.5 Å². The van der Waals surface area contributed by atoms with Crippen LogP contribution in [0.2, 0.25) is 0 Å². The SMILES string of the molecule is Cc1ccc(Oc2ccccc2)c(NC(=O)C(C)C2CNC2)c1. The Bertz CT molecular complexity index is 681. The summed E-state index contributed by atoms with van der Waals surface area (Å²) in [6, 6.07) is 15.4. The maximum atomic E-state index is 12.5. The van der Waals surface area contributed by atoms with E-state index in [-0.39, 0.29) is 11.8 Å². The van der Waals surface area contributed by atoms with Gasteiger partial charge in [0.15, 0.2) is 5.75 Å². The Kier molecular flexibility index (Phi) is 4.63. The van der Waals surface area contributed by atoms with E-state index in [9.17, 15) is 4.79 Å². The van der Waals surface area contributed by atoms with E-state index in [1.165, 1.54) is 0 Å². The molecule has 1 heterocycles. The highest BCUT2D eigenvalue weighted by Gasteiger charge is 2.29. The second-order valence-corrected chi connectivity index (χ2v) is 6.11. The largest absolute Gasteiger partial charge is 0.455 e. The van der Waals surface area contributed by atoms with E-state index in [4.69, 9.17) is 4.74 Å². The molecule has 2 aromatic rings. The monoisotopic (exact) mass is 310 g/mol. The summed E-state index contributed by atoms with van der Waals surface area (Å²) in [6.07, 6.45) is 0. The van der Waals surface area contributed by atoms with Crippen LogP contribution in [0.5, 0.6) is 11.5 Å². The number of carbonyl (C=O) groups is 1. The molecule has 23 heavy (non-hydrogen) atoms. The Morgan fingerprint density at radius 1 is 1.22 bits per heavy atom. The molecule has 2 aromatic carbocycles. The molecule has 1 saturated heterocycles. The van der Waals surface area contributed by atoms with Crippen LogP contribution in [0.1, 0.15) is 12.5 Å². The van der Waals surface area contributed by atoms with Crippen molar-refractivity contribution in [2.24, 2.45) is 11.8 Å². The first-order valence-electron chi connectivity index (χ1n) is 7.98. The quantitative estimate of drug-likeness (QED) is 0.887. The number of hydrogen-bond acceptors (Lipinski definition) is 3. The molecule has 1 unspecified atom stereocenters. The number of carbonyl (C=O) groups excluding carboxylic acids is 1. The van der Waals surface area contributed by atoms with Crippen molar-refractivity contribution in [2.75, 3.05) is 18.4 Å². The predicted molar refractivity (Wildman–Crippen MR) is 91.8 cm³/mol. The van der Waals surface area contributed by atoms with Gasteiger partial charge in [0.05, 0.1) is 5.69 Å². The number of amides is 1. The number of benzene rings is 2. The van der Waals surface area contributed by atoms with Crippen LogP contribution in [0.25, 0.3) is 0 Å². The van der Waals surface area contributed by atoms with Gasteiger partial charge in [-0.15, -0.1) is 0 Å². The Balaban J connectivity index is 1.77. The van der Waals surface area contributed by atoms with Crippen molar-refractivity contribution < 1.29 is 9.53 Å². The summed E-state index contributed by atoms with van der Waals surface area (Å²) in [7, 11) is 0. The van der Waals surface area contributed by atoms with Crippen molar-refractivity contribution in [3.63, 3.8) is 0 Å². The van der Waals surface area contributed by atoms with E-state index in [2.05, 4.69) is 10.6 Å². The lowest BCUT2D eigenvalue weighted by Crippen LogP contribution is -2.48. The molecule has 4 nitrogen and oxygen atoms in total. The Morgan fingerprint density at radius 2 is 1.96 bits per heavy atom. The summed E-state index contributed by atoms with van der Waals surface area (Å²) < 4.78 is 5.92.